The van der Waals surface area contributed by atoms with Crippen molar-refractivity contribution in [3.05, 3.63) is 34.1 Å². The predicted octanol–water partition coefficient (Wildman–Crippen LogP) is 0.460. The molecule has 1 aromatic carbocycles. The molecule has 1 aromatic rings. The minimum absolute atomic E-state index is 0.0339. The molecular weight excluding hydrogens is 383 g/mol. The van der Waals surface area contributed by atoms with E-state index in [1.165, 1.54) is 4.31 Å². The summed E-state index contributed by atoms with van der Waals surface area (Å²) in [6, 6.07) is 2.75. The standard InChI is InChI=1S/C15H19FN4O6S/c1-27(25,26)19-6-4-10(5-7-19)9-17-14(21)15(22)18-11-2-3-12(16)13(8-11)20(23)24/h2-3,8,10H,4-7,9H2,1H3,(H,17,21)(H,18,22). The van der Waals surface area contributed by atoms with Crippen molar-refractivity contribution in [1.29, 1.82) is 0 Å². The lowest BCUT2D eigenvalue weighted by Crippen LogP contribution is -2.43. The van der Waals surface area contributed by atoms with Crippen molar-refractivity contribution in [3.63, 3.8) is 0 Å². The minimum Gasteiger partial charge on any atom is -0.348 e. The molecule has 0 aliphatic carbocycles. The van der Waals surface area contributed by atoms with Crippen molar-refractivity contribution in [1.82, 2.24) is 9.62 Å². The van der Waals surface area contributed by atoms with Crippen LogP contribution in [0.2, 0.25) is 0 Å². The van der Waals surface area contributed by atoms with Crippen LogP contribution in [0.25, 0.3) is 0 Å². The molecule has 0 atom stereocenters. The molecule has 0 bridgehead atoms. The molecule has 0 spiro atoms. The number of piperidine rings is 1. The summed E-state index contributed by atoms with van der Waals surface area (Å²) in [5.74, 6) is -2.99. The van der Waals surface area contributed by atoms with E-state index >= 15 is 0 Å². The maximum atomic E-state index is 13.3. The SMILES string of the molecule is CS(=O)(=O)N1CCC(CNC(=O)C(=O)Nc2ccc(F)c([N+](=O)[O-])c2)CC1. The van der Waals surface area contributed by atoms with Gasteiger partial charge in [0.15, 0.2) is 0 Å². The lowest BCUT2D eigenvalue weighted by Gasteiger charge is -2.30. The van der Waals surface area contributed by atoms with Gasteiger partial charge in [0.2, 0.25) is 15.8 Å². The number of nitrogens with one attached hydrogen (secondary N) is 2. The summed E-state index contributed by atoms with van der Waals surface area (Å²) < 4.78 is 37.5. The van der Waals surface area contributed by atoms with Gasteiger partial charge in [0, 0.05) is 31.4 Å². The van der Waals surface area contributed by atoms with Crippen LogP contribution in [0.15, 0.2) is 18.2 Å². The first kappa shape index (κ1) is 20.7. The number of hydrogen-bond donors (Lipinski definition) is 2. The lowest BCUT2D eigenvalue weighted by atomic mass is 9.98. The molecule has 2 amide bonds. The third-order valence-electron chi connectivity index (χ3n) is 4.20. The molecule has 1 fully saturated rings. The number of halogens is 1. The molecule has 1 saturated heterocycles. The number of nitro benzene ring substituents is 1. The van der Waals surface area contributed by atoms with Crippen LogP contribution in [0.3, 0.4) is 0 Å². The van der Waals surface area contributed by atoms with Gasteiger partial charge in [-0.05, 0) is 30.9 Å². The van der Waals surface area contributed by atoms with Crippen LogP contribution in [0.4, 0.5) is 15.8 Å². The third kappa shape index (κ3) is 5.69. The molecule has 0 radical (unpaired) electrons. The highest BCUT2D eigenvalue weighted by molar-refractivity contribution is 7.88. The van der Waals surface area contributed by atoms with Gasteiger partial charge in [-0.15, -0.1) is 0 Å². The van der Waals surface area contributed by atoms with E-state index in [0.717, 1.165) is 24.5 Å². The molecule has 0 saturated carbocycles. The zero-order valence-corrected chi connectivity index (χ0v) is 15.3. The maximum absolute atomic E-state index is 13.3. The van der Waals surface area contributed by atoms with Gasteiger partial charge in [-0.3, -0.25) is 19.7 Å². The summed E-state index contributed by atoms with van der Waals surface area (Å²) in [6.45, 7) is 0.906. The number of benzene rings is 1. The van der Waals surface area contributed by atoms with Crippen molar-refractivity contribution in [2.45, 2.75) is 12.8 Å². The van der Waals surface area contributed by atoms with Crippen LogP contribution in [-0.2, 0) is 19.6 Å². The molecule has 0 aromatic heterocycles. The van der Waals surface area contributed by atoms with E-state index in [9.17, 15) is 32.5 Å². The van der Waals surface area contributed by atoms with Crippen LogP contribution in [0.5, 0.6) is 0 Å². The number of hydrogen-bond acceptors (Lipinski definition) is 6. The van der Waals surface area contributed by atoms with E-state index in [4.69, 9.17) is 0 Å². The van der Waals surface area contributed by atoms with Gasteiger partial charge in [-0.25, -0.2) is 12.7 Å². The van der Waals surface area contributed by atoms with Crippen LogP contribution < -0.4 is 10.6 Å². The number of rotatable bonds is 5. The Balaban J connectivity index is 1.84. The number of nitro groups is 1. The Labute approximate surface area is 154 Å². The van der Waals surface area contributed by atoms with Gasteiger partial charge in [0.25, 0.3) is 0 Å². The molecule has 27 heavy (non-hydrogen) atoms. The number of carbonyl (C=O) groups is 2. The molecule has 148 valence electrons. The van der Waals surface area contributed by atoms with E-state index in [1.807, 2.05) is 0 Å². The fourth-order valence-electron chi connectivity index (χ4n) is 2.68. The first-order valence-electron chi connectivity index (χ1n) is 8.06. The van der Waals surface area contributed by atoms with E-state index in [2.05, 4.69) is 10.6 Å². The maximum Gasteiger partial charge on any atom is 0.313 e. The number of sulfonamides is 1. The summed E-state index contributed by atoms with van der Waals surface area (Å²) in [7, 11) is -3.23. The highest BCUT2D eigenvalue weighted by atomic mass is 32.2. The van der Waals surface area contributed by atoms with Crippen LogP contribution in [0.1, 0.15) is 12.8 Å². The zero-order valence-electron chi connectivity index (χ0n) is 14.5. The molecular formula is C15H19FN4O6S. The van der Waals surface area contributed by atoms with E-state index in [1.54, 1.807) is 0 Å². The average molecular weight is 402 g/mol. The highest BCUT2D eigenvalue weighted by Gasteiger charge is 2.26. The number of amides is 2. The quantitative estimate of drug-likeness (QED) is 0.417. The van der Waals surface area contributed by atoms with Gasteiger partial charge in [0.1, 0.15) is 0 Å². The lowest BCUT2D eigenvalue weighted by molar-refractivity contribution is -0.387. The largest absolute Gasteiger partial charge is 0.348 e. The zero-order chi connectivity index (χ0) is 20.2. The molecule has 1 aliphatic rings. The van der Waals surface area contributed by atoms with Gasteiger partial charge in [-0.1, -0.05) is 0 Å². The molecule has 1 heterocycles. The highest BCUT2D eigenvalue weighted by Crippen LogP contribution is 2.21. The first-order valence-corrected chi connectivity index (χ1v) is 9.91. The number of anilines is 1. The Hall–Kier alpha value is -2.60. The molecule has 10 nitrogen and oxygen atoms in total. The van der Waals surface area contributed by atoms with Crippen LogP contribution in [-0.4, -0.2) is 55.4 Å². The monoisotopic (exact) mass is 402 g/mol. The van der Waals surface area contributed by atoms with E-state index < -0.39 is 38.3 Å². The van der Waals surface area contributed by atoms with E-state index in [0.29, 0.717) is 25.9 Å². The van der Waals surface area contributed by atoms with Crippen LogP contribution >= 0.6 is 0 Å². The topological polar surface area (TPSA) is 139 Å². The fourth-order valence-corrected chi connectivity index (χ4v) is 3.55. The predicted molar refractivity (Wildman–Crippen MR) is 93.8 cm³/mol. The summed E-state index contributed by atoms with van der Waals surface area (Å²) in [4.78, 5) is 33.5. The molecule has 2 rings (SSSR count). The number of carbonyl (C=O) groups excluding carboxylic acids is 2. The molecule has 0 unspecified atom stereocenters. The fraction of sp³-hybridized carbons (Fsp3) is 0.467. The molecule has 12 heteroatoms. The minimum atomic E-state index is -3.23. The Morgan fingerprint density at radius 3 is 2.48 bits per heavy atom. The number of nitrogens with zero attached hydrogens (tertiary/aromatic N) is 2. The van der Waals surface area contributed by atoms with Gasteiger partial charge < -0.3 is 10.6 Å². The summed E-state index contributed by atoms with van der Waals surface area (Å²) in [6.07, 6.45) is 2.25. The smallest absolute Gasteiger partial charge is 0.313 e. The summed E-state index contributed by atoms with van der Waals surface area (Å²) in [5, 5.41) is 15.3. The van der Waals surface area contributed by atoms with Crippen molar-refractivity contribution >= 4 is 33.2 Å². The Morgan fingerprint density at radius 2 is 1.93 bits per heavy atom. The van der Waals surface area contributed by atoms with Crippen molar-refractivity contribution < 1.29 is 27.3 Å². The first-order chi connectivity index (χ1) is 12.6. The third-order valence-corrected chi connectivity index (χ3v) is 5.50. The Kier molecular flexibility index (Phi) is 6.44. The summed E-state index contributed by atoms with van der Waals surface area (Å²) >= 11 is 0. The second kappa shape index (κ2) is 8.39. The Bertz CT molecular complexity index is 852. The van der Waals surface area contributed by atoms with Crippen molar-refractivity contribution in [2.75, 3.05) is 31.2 Å². The van der Waals surface area contributed by atoms with Gasteiger partial charge in [0.05, 0.1) is 11.2 Å². The molecule has 1 aliphatic heterocycles. The second-order valence-corrected chi connectivity index (χ2v) is 8.18. The van der Waals surface area contributed by atoms with Gasteiger partial charge in [-0.2, -0.15) is 4.39 Å². The van der Waals surface area contributed by atoms with Crippen molar-refractivity contribution in [3.8, 4) is 0 Å². The van der Waals surface area contributed by atoms with Crippen molar-refractivity contribution in [2.24, 2.45) is 5.92 Å². The average Bonchev–Trinajstić information content (AvgIpc) is 2.60. The van der Waals surface area contributed by atoms with Crippen LogP contribution in [0, 0.1) is 21.8 Å². The normalized spacial score (nSPS) is 15.9. The van der Waals surface area contributed by atoms with Gasteiger partial charge >= 0.3 is 17.5 Å². The van der Waals surface area contributed by atoms with E-state index in [-0.39, 0.29) is 18.2 Å². The molecule has 2 N–H and O–H groups in total. The second-order valence-electron chi connectivity index (χ2n) is 6.19. The Morgan fingerprint density at radius 1 is 1.30 bits per heavy atom. The summed E-state index contributed by atoms with van der Waals surface area (Å²) in [5.41, 5.74) is -0.893.